The van der Waals surface area contributed by atoms with Crippen LogP contribution in [0.15, 0.2) is 23.9 Å². The van der Waals surface area contributed by atoms with Crippen LogP contribution in [0.3, 0.4) is 0 Å². The Bertz CT molecular complexity index is 691. The lowest BCUT2D eigenvalue weighted by Gasteiger charge is -2.11. The lowest BCUT2D eigenvalue weighted by molar-refractivity contribution is 0.0971. The molecule has 0 spiro atoms. The van der Waals surface area contributed by atoms with E-state index in [1.54, 1.807) is 6.08 Å². The third kappa shape index (κ3) is 4.37. The minimum Gasteiger partial charge on any atom is -0.473 e. The third-order valence-electron chi connectivity index (χ3n) is 4.25. The first kappa shape index (κ1) is 16.1. The minimum absolute atomic E-state index is 0.0816. The van der Waals surface area contributed by atoms with Crippen molar-refractivity contribution in [2.75, 3.05) is 5.75 Å². The zero-order chi connectivity index (χ0) is 16.3. The smallest absolute Gasteiger partial charge is 0.232 e. The predicted molar refractivity (Wildman–Crippen MR) is 84.9 cm³/mol. The molecule has 3 rings (SSSR count). The maximum atomic E-state index is 12.1. The van der Waals surface area contributed by atoms with Crippen LogP contribution in [0.25, 0.3) is 0 Å². The van der Waals surface area contributed by atoms with E-state index in [4.69, 9.17) is 4.74 Å². The summed E-state index contributed by atoms with van der Waals surface area (Å²) in [5, 5.41) is 1.23. The number of hydrogen-bond acceptors (Lipinski definition) is 6. The maximum absolute atomic E-state index is 12.1. The molecule has 1 aliphatic heterocycles. The number of aromatic nitrogens is 2. The molecule has 1 aromatic heterocycles. The topological polar surface area (TPSA) is 86.2 Å². The predicted octanol–water partition coefficient (Wildman–Crippen LogP) is 2.32. The summed E-state index contributed by atoms with van der Waals surface area (Å²) in [7, 11) is -3.06. The molecule has 1 aromatic rings. The summed E-state index contributed by atoms with van der Waals surface area (Å²) in [5.74, 6) is 0.350. The van der Waals surface area contributed by atoms with Crippen LogP contribution in [0.2, 0.25) is 0 Å². The summed E-state index contributed by atoms with van der Waals surface area (Å²) in [6, 6.07) is 0. The zero-order valence-electron chi connectivity index (χ0n) is 12.8. The Morgan fingerprint density at radius 2 is 2.00 bits per heavy atom. The molecule has 2 aliphatic rings. The molecule has 23 heavy (non-hydrogen) atoms. The first-order valence-electron chi connectivity index (χ1n) is 7.95. The molecule has 1 saturated carbocycles. The quantitative estimate of drug-likeness (QED) is 0.741. The van der Waals surface area contributed by atoms with Gasteiger partial charge in [0, 0.05) is 11.8 Å². The van der Waals surface area contributed by atoms with Crippen LogP contribution < -0.4 is 4.74 Å². The van der Waals surface area contributed by atoms with E-state index in [2.05, 4.69) is 9.97 Å². The van der Waals surface area contributed by atoms with Crippen LogP contribution in [0.1, 0.15) is 49.0 Å². The first-order chi connectivity index (χ1) is 11.0. The molecule has 1 fully saturated rings. The van der Waals surface area contributed by atoms with E-state index in [0.29, 0.717) is 18.0 Å². The number of ketones is 1. The molecule has 1 aliphatic carbocycles. The standard InChI is InChI=1S/C16H20N2O4S/c19-15(6-5-12-7-8-23(20,21)11-12)14-9-18-16(10-17-14)22-13-3-1-2-4-13/h7-10,12-13H,1-6,11H2/t12-/m0/s1. The van der Waals surface area contributed by atoms with Crippen molar-refractivity contribution in [3.05, 3.63) is 29.6 Å². The molecule has 124 valence electrons. The molecule has 0 saturated heterocycles. The van der Waals surface area contributed by atoms with Crippen molar-refractivity contribution in [3.63, 3.8) is 0 Å². The van der Waals surface area contributed by atoms with Gasteiger partial charge in [-0.1, -0.05) is 6.08 Å². The second-order valence-electron chi connectivity index (χ2n) is 6.14. The fourth-order valence-electron chi connectivity index (χ4n) is 2.96. The van der Waals surface area contributed by atoms with Gasteiger partial charge in [-0.3, -0.25) is 4.79 Å². The number of allylic oxidation sites excluding steroid dienone is 1. The van der Waals surface area contributed by atoms with E-state index in [9.17, 15) is 13.2 Å². The number of sulfone groups is 1. The van der Waals surface area contributed by atoms with Gasteiger partial charge in [-0.15, -0.1) is 0 Å². The largest absolute Gasteiger partial charge is 0.473 e. The van der Waals surface area contributed by atoms with Gasteiger partial charge >= 0.3 is 0 Å². The summed E-state index contributed by atoms with van der Waals surface area (Å²) < 4.78 is 28.4. The van der Waals surface area contributed by atoms with Crippen molar-refractivity contribution >= 4 is 15.6 Å². The summed E-state index contributed by atoms with van der Waals surface area (Å²) in [6.45, 7) is 0. The van der Waals surface area contributed by atoms with Crippen LogP contribution in [0, 0.1) is 5.92 Å². The van der Waals surface area contributed by atoms with Gasteiger partial charge in [0.25, 0.3) is 0 Å². The molecule has 0 radical (unpaired) electrons. The van der Waals surface area contributed by atoms with Crippen molar-refractivity contribution in [1.82, 2.24) is 9.97 Å². The lowest BCUT2D eigenvalue weighted by Crippen LogP contribution is -2.13. The zero-order valence-corrected chi connectivity index (χ0v) is 13.7. The molecule has 1 atom stereocenters. The van der Waals surface area contributed by atoms with Crippen molar-refractivity contribution < 1.29 is 17.9 Å². The lowest BCUT2D eigenvalue weighted by atomic mass is 10.0. The third-order valence-corrected chi connectivity index (χ3v) is 5.71. The Hall–Kier alpha value is -1.76. The highest BCUT2D eigenvalue weighted by molar-refractivity contribution is 7.94. The van der Waals surface area contributed by atoms with Gasteiger partial charge in [-0.2, -0.15) is 0 Å². The number of Topliss-reactive ketones (excluding diaryl/α,β-unsaturated/α-hetero) is 1. The Labute approximate surface area is 135 Å². The average molecular weight is 336 g/mol. The van der Waals surface area contributed by atoms with Crippen molar-refractivity contribution in [2.24, 2.45) is 5.92 Å². The summed E-state index contributed by atoms with van der Waals surface area (Å²) in [4.78, 5) is 20.4. The number of ether oxygens (including phenoxy) is 1. The SMILES string of the molecule is O=C(CC[C@H]1C=CS(=O)(=O)C1)c1cnc(OC2CCCC2)cn1. The second kappa shape index (κ2) is 6.78. The van der Waals surface area contributed by atoms with Crippen molar-refractivity contribution in [3.8, 4) is 5.88 Å². The van der Waals surface area contributed by atoms with Crippen LogP contribution in [-0.4, -0.2) is 36.0 Å². The van der Waals surface area contributed by atoms with E-state index in [1.165, 1.54) is 30.6 Å². The van der Waals surface area contributed by atoms with E-state index in [0.717, 1.165) is 12.8 Å². The van der Waals surface area contributed by atoms with Crippen LogP contribution in [0.5, 0.6) is 5.88 Å². The van der Waals surface area contributed by atoms with Gasteiger partial charge in [0.2, 0.25) is 5.88 Å². The van der Waals surface area contributed by atoms with Gasteiger partial charge in [0.15, 0.2) is 15.6 Å². The second-order valence-corrected chi connectivity index (χ2v) is 8.08. The van der Waals surface area contributed by atoms with E-state index < -0.39 is 9.84 Å². The van der Waals surface area contributed by atoms with Crippen molar-refractivity contribution in [2.45, 2.75) is 44.6 Å². The molecular formula is C16H20N2O4S. The maximum Gasteiger partial charge on any atom is 0.232 e. The Balaban J connectivity index is 1.50. The van der Waals surface area contributed by atoms with Crippen LogP contribution in [0.4, 0.5) is 0 Å². The molecular weight excluding hydrogens is 316 g/mol. The van der Waals surface area contributed by atoms with Gasteiger partial charge < -0.3 is 4.74 Å². The van der Waals surface area contributed by atoms with Crippen LogP contribution >= 0.6 is 0 Å². The van der Waals surface area contributed by atoms with E-state index in [1.807, 2.05) is 0 Å². The van der Waals surface area contributed by atoms with E-state index >= 15 is 0 Å². The average Bonchev–Trinajstić information content (AvgIpc) is 3.15. The Morgan fingerprint density at radius 1 is 1.22 bits per heavy atom. The monoisotopic (exact) mass is 336 g/mol. The molecule has 0 bridgehead atoms. The number of carbonyl (C=O) groups excluding carboxylic acids is 1. The molecule has 0 N–H and O–H groups in total. The Kier molecular flexibility index (Phi) is 4.75. The molecule has 6 nitrogen and oxygen atoms in total. The fourth-order valence-corrected chi connectivity index (χ4v) is 4.41. The normalized spacial score (nSPS) is 23.2. The molecule has 0 aromatic carbocycles. The summed E-state index contributed by atoms with van der Waals surface area (Å²) >= 11 is 0. The van der Waals surface area contributed by atoms with Gasteiger partial charge in [0.1, 0.15) is 11.8 Å². The molecule has 0 amide bonds. The first-order valence-corrected chi connectivity index (χ1v) is 9.66. The molecule has 7 heteroatoms. The van der Waals surface area contributed by atoms with Gasteiger partial charge in [0.05, 0.1) is 18.1 Å². The molecule has 0 unspecified atom stereocenters. The summed E-state index contributed by atoms with van der Waals surface area (Å²) in [5.41, 5.74) is 0.300. The van der Waals surface area contributed by atoms with Gasteiger partial charge in [-0.25, -0.2) is 18.4 Å². The highest BCUT2D eigenvalue weighted by Gasteiger charge is 2.23. The van der Waals surface area contributed by atoms with E-state index in [-0.39, 0.29) is 30.0 Å². The highest BCUT2D eigenvalue weighted by Crippen LogP contribution is 2.23. The minimum atomic E-state index is -3.06. The Morgan fingerprint density at radius 3 is 2.61 bits per heavy atom. The number of carbonyl (C=O) groups is 1. The molecule has 2 heterocycles. The highest BCUT2D eigenvalue weighted by atomic mass is 32.2. The fraction of sp³-hybridized carbons (Fsp3) is 0.562. The number of hydrogen-bond donors (Lipinski definition) is 0. The van der Waals surface area contributed by atoms with Gasteiger partial charge in [-0.05, 0) is 38.0 Å². The van der Waals surface area contributed by atoms with Crippen molar-refractivity contribution in [1.29, 1.82) is 0 Å². The summed E-state index contributed by atoms with van der Waals surface area (Å²) in [6.07, 6.45) is 10.0. The van der Waals surface area contributed by atoms with Crippen LogP contribution in [-0.2, 0) is 9.84 Å². The number of nitrogens with zero attached hydrogens (tertiary/aromatic N) is 2. The number of rotatable bonds is 6.